The molecule has 0 N–H and O–H groups in total. The van der Waals surface area contributed by atoms with Gasteiger partial charge in [0.1, 0.15) is 0 Å². The van der Waals surface area contributed by atoms with Crippen molar-refractivity contribution >= 4 is 11.9 Å². The van der Waals surface area contributed by atoms with E-state index >= 15 is 0 Å². The summed E-state index contributed by atoms with van der Waals surface area (Å²) in [6, 6.07) is 13.5. The minimum Gasteiger partial charge on any atom is -0.452 e. The largest absolute Gasteiger partial charge is 0.452 e. The number of amides is 1. The molecule has 1 aliphatic heterocycles. The Morgan fingerprint density at radius 2 is 1.92 bits per heavy atom. The Morgan fingerprint density at radius 1 is 1.15 bits per heavy atom. The molecule has 1 saturated heterocycles. The molecule has 1 unspecified atom stereocenters. The molecular formula is C21H24N2O3. The molecule has 2 heterocycles. The van der Waals surface area contributed by atoms with E-state index in [0.29, 0.717) is 11.3 Å². The van der Waals surface area contributed by atoms with Gasteiger partial charge in [-0.25, -0.2) is 4.79 Å². The second-order valence-electron chi connectivity index (χ2n) is 6.70. The number of carbonyl (C=O) groups is 2. The molecule has 0 radical (unpaired) electrons. The van der Waals surface area contributed by atoms with Gasteiger partial charge in [-0.15, -0.1) is 0 Å². The van der Waals surface area contributed by atoms with Crippen LogP contribution in [0.4, 0.5) is 0 Å². The van der Waals surface area contributed by atoms with Gasteiger partial charge in [0, 0.05) is 18.2 Å². The summed E-state index contributed by atoms with van der Waals surface area (Å²) in [6.45, 7) is 4.33. The van der Waals surface area contributed by atoms with E-state index in [1.807, 2.05) is 37.3 Å². The topological polar surface area (TPSA) is 59.5 Å². The first-order valence-corrected chi connectivity index (χ1v) is 9.06. The molecule has 1 aromatic carbocycles. The maximum absolute atomic E-state index is 12.3. The molecular weight excluding hydrogens is 328 g/mol. The number of rotatable bonds is 4. The van der Waals surface area contributed by atoms with Gasteiger partial charge < -0.3 is 9.64 Å². The second kappa shape index (κ2) is 8.13. The van der Waals surface area contributed by atoms with E-state index in [4.69, 9.17) is 4.74 Å². The molecule has 3 rings (SSSR count). The molecule has 0 aliphatic carbocycles. The Labute approximate surface area is 154 Å². The van der Waals surface area contributed by atoms with Gasteiger partial charge in [-0.2, -0.15) is 0 Å². The molecule has 136 valence electrons. The average molecular weight is 352 g/mol. The van der Waals surface area contributed by atoms with Crippen molar-refractivity contribution in [3.8, 4) is 11.3 Å². The SMILES string of the molecule is Cc1nc(-c2ccccc2)ccc1C(=O)OCC(=O)N1CCCCC1C. The van der Waals surface area contributed by atoms with Crippen molar-refractivity contribution < 1.29 is 14.3 Å². The Kier molecular flexibility index (Phi) is 5.66. The molecule has 0 bridgehead atoms. The van der Waals surface area contributed by atoms with Gasteiger partial charge in [-0.05, 0) is 45.2 Å². The third-order valence-electron chi connectivity index (χ3n) is 4.83. The number of pyridine rings is 1. The monoisotopic (exact) mass is 352 g/mol. The molecule has 1 aliphatic rings. The number of carbonyl (C=O) groups excluding carboxylic acids is 2. The van der Waals surface area contributed by atoms with Crippen LogP contribution in [-0.2, 0) is 9.53 Å². The molecule has 1 aromatic heterocycles. The van der Waals surface area contributed by atoms with E-state index < -0.39 is 5.97 Å². The third kappa shape index (κ3) is 4.10. The number of piperidine rings is 1. The van der Waals surface area contributed by atoms with Crippen LogP contribution in [0.1, 0.15) is 42.2 Å². The lowest BCUT2D eigenvalue weighted by Crippen LogP contribution is -2.44. The van der Waals surface area contributed by atoms with E-state index in [9.17, 15) is 9.59 Å². The van der Waals surface area contributed by atoms with Crippen LogP contribution in [0.2, 0.25) is 0 Å². The van der Waals surface area contributed by atoms with Crippen LogP contribution in [0.15, 0.2) is 42.5 Å². The van der Waals surface area contributed by atoms with Crippen LogP contribution in [0.3, 0.4) is 0 Å². The first-order chi connectivity index (χ1) is 12.6. The lowest BCUT2D eigenvalue weighted by atomic mass is 10.0. The minimum atomic E-state index is -0.507. The highest BCUT2D eigenvalue weighted by Crippen LogP contribution is 2.20. The molecule has 0 spiro atoms. The summed E-state index contributed by atoms with van der Waals surface area (Å²) in [4.78, 5) is 31.0. The maximum atomic E-state index is 12.3. The smallest absolute Gasteiger partial charge is 0.340 e. The summed E-state index contributed by atoms with van der Waals surface area (Å²) in [5.74, 6) is -0.635. The molecule has 1 atom stereocenters. The maximum Gasteiger partial charge on any atom is 0.340 e. The van der Waals surface area contributed by atoms with Crippen LogP contribution >= 0.6 is 0 Å². The number of benzene rings is 1. The number of esters is 1. The normalized spacial score (nSPS) is 17.0. The number of likely N-dealkylation sites (tertiary alicyclic amines) is 1. The molecule has 1 fully saturated rings. The molecule has 5 nitrogen and oxygen atoms in total. The fraction of sp³-hybridized carbons (Fsp3) is 0.381. The van der Waals surface area contributed by atoms with Crippen molar-refractivity contribution in [3.63, 3.8) is 0 Å². The number of hydrogen-bond donors (Lipinski definition) is 0. The molecule has 5 heteroatoms. The number of aromatic nitrogens is 1. The zero-order valence-electron chi connectivity index (χ0n) is 15.3. The zero-order chi connectivity index (χ0) is 18.5. The van der Waals surface area contributed by atoms with Gasteiger partial charge in [0.2, 0.25) is 0 Å². The van der Waals surface area contributed by atoms with Crippen molar-refractivity contribution in [1.82, 2.24) is 9.88 Å². The van der Waals surface area contributed by atoms with E-state index in [1.165, 1.54) is 0 Å². The fourth-order valence-corrected chi connectivity index (χ4v) is 3.30. The van der Waals surface area contributed by atoms with E-state index in [1.54, 1.807) is 24.0 Å². The Bertz CT molecular complexity index is 789. The Balaban J connectivity index is 1.64. The number of hydrogen-bond acceptors (Lipinski definition) is 4. The molecule has 26 heavy (non-hydrogen) atoms. The average Bonchev–Trinajstić information content (AvgIpc) is 2.67. The summed E-state index contributed by atoms with van der Waals surface area (Å²) in [5.41, 5.74) is 2.78. The summed E-state index contributed by atoms with van der Waals surface area (Å²) < 4.78 is 5.25. The van der Waals surface area contributed by atoms with Gasteiger partial charge in [0.25, 0.3) is 5.91 Å². The Hall–Kier alpha value is -2.69. The van der Waals surface area contributed by atoms with Gasteiger partial charge in [-0.1, -0.05) is 30.3 Å². The van der Waals surface area contributed by atoms with Crippen molar-refractivity contribution in [2.24, 2.45) is 0 Å². The van der Waals surface area contributed by atoms with Crippen LogP contribution in [0.5, 0.6) is 0 Å². The first kappa shape index (κ1) is 18.1. The predicted molar refractivity (Wildman–Crippen MR) is 99.7 cm³/mol. The summed E-state index contributed by atoms with van der Waals surface area (Å²) in [5, 5.41) is 0. The van der Waals surface area contributed by atoms with Crippen LogP contribution in [-0.4, -0.2) is 41.0 Å². The number of aryl methyl sites for hydroxylation is 1. The van der Waals surface area contributed by atoms with Crippen molar-refractivity contribution in [3.05, 3.63) is 53.7 Å². The van der Waals surface area contributed by atoms with Crippen LogP contribution < -0.4 is 0 Å². The van der Waals surface area contributed by atoms with Gasteiger partial charge in [0.05, 0.1) is 17.0 Å². The summed E-state index contributed by atoms with van der Waals surface area (Å²) in [6.07, 6.45) is 3.15. The van der Waals surface area contributed by atoms with Crippen molar-refractivity contribution in [2.45, 2.75) is 39.2 Å². The van der Waals surface area contributed by atoms with E-state index in [-0.39, 0.29) is 18.6 Å². The molecule has 1 amide bonds. The highest BCUT2D eigenvalue weighted by atomic mass is 16.5. The number of ether oxygens (including phenoxy) is 1. The molecule has 2 aromatic rings. The predicted octanol–water partition coefficient (Wildman–Crippen LogP) is 3.61. The van der Waals surface area contributed by atoms with E-state index in [2.05, 4.69) is 4.98 Å². The standard InChI is InChI=1S/C21H24N2O3/c1-15-8-6-7-13-23(15)20(24)14-26-21(25)18-11-12-19(22-16(18)2)17-9-4-3-5-10-17/h3-5,9-12,15H,6-8,13-14H2,1-2H3. The lowest BCUT2D eigenvalue weighted by Gasteiger charge is -2.33. The van der Waals surface area contributed by atoms with Crippen LogP contribution in [0, 0.1) is 6.92 Å². The van der Waals surface area contributed by atoms with Gasteiger partial charge >= 0.3 is 5.97 Å². The second-order valence-corrected chi connectivity index (χ2v) is 6.70. The first-order valence-electron chi connectivity index (χ1n) is 9.06. The zero-order valence-corrected chi connectivity index (χ0v) is 15.3. The lowest BCUT2D eigenvalue weighted by molar-refractivity contribution is -0.137. The van der Waals surface area contributed by atoms with Crippen molar-refractivity contribution in [1.29, 1.82) is 0 Å². The van der Waals surface area contributed by atoms with Gasteiger partial charge in [-0.3, -0.25) is 9.78 Å². The number of nitrogens with zero attached hydrogens (tertiary/aromatic N) is 2. The summed E-state index contributed by atoms with van der Waals surface area (Å²) >= 11 is 0. The van der Waals surface area contributed by atoms with E-state index in [0.717, 1.165) is 37.1 Å². The molecule has 0 saturated carbocycles. The van der Waals surface area contributed by atoms with Gasteiger partial charge in [0.15, 0.2) is 6.61 Å². The highest BCUT2D eigenvalue weighted by Gasteiger charge is 2.24. The fourth-order valence-electron chi connectivity index (χ4n) is 3.30. The quantitative estimate of drug-likeness (QED) is 0.789. The highest BCUT2D eigenvalue weighted by molar-refractivity contribution is 5.92. The summed E-state index contributed by atoms with van der Waals surface area (Å²) in [7, 11) is 0. The minimum absolute atomic E-state index is 0.128. The third-order valence-corrected chi connectivity index (χ3v) is 4.83. The van der Waals surface area contributed by atoms with Crippen LogP contribution in [0.25, 0.3) is 11.3 Å². The Morgan fingerprint density at radius 3 is 2.62 bits per heavy atom. The van der Waals surface area contributed by atoms with Crippen molar-refractivity contribution in [2.75, 3.05) is 13.2 Å².